The Morgan fingerprint density at radius 2 is 2.15 bits per heavy atom. The van der Waals surface area contributed by atoms with Gasteiger partial charge in [0, 0.05) is 0 Å². The lowest BCUT2D eigenvalue weighted by molar-refractivity contribution is -0.190. The van der Waals surface area contributed by atoms with Crippen LogP contribution in [0.3, 0.4) is 0 Å². The van der Waals surface area contributed by atoms with Gasteiger partial charge < -0.3 is 14.2 Å². The van der Waals surface area contributed by atoms with Crippen molar-refractivity contribution < 1.29 is 23.8 Å². The summed E-state index contributed by atoms with van der Waals surface area (Å²) in [6.45, 7) is 7.59. The van der Waals surface area contributed by atoms with Crippen LogP contribution in [0.5, 0.6) is 0 Å². The monoisotopic (exact) mass is 304 g/mol. The highest BCUT2D eigenvalue weighted by atomic mass is 32.2. The molecule has 0 N–H and O–H groups in total. The van der Waals surface area contributed by atoms with Crippen molar-refractivity contribution in [3.05, 3.63) is 0 Å². The average molecular weight is 304 g/mol. The van der Waals surface area contributed by atoms with E-state index in [-0.39, 0.29) is 5.97 Å². The van der Waals surface area contributed by atoms with E-state index >= 15 is 0 Å². The summed E-state index contributed by atoms with van der Waals surface area (Å²) >= 11 is 1.69. The number of esters is 2. The van der Waals surface area contributed by atoms with Gasteiger partial charge in [0.05, 0.1) is 17.8 Å². The maximum Gasteiger partial charge on any atom is 0.349 e. The van der Waals surface area contributed by atoms with Crippen LogP contribution in [0.2, 0.25) is 0 Å². The summed E-state index contributed by atoms with van der Waals surface area (Å²) in [6.07, 6.45) is 0.143. The first-order valence-electron chi connectivity index (χ1n) is 6.97. The second kappa shape index (κ2) is 7.88. The summed E-state index contributed by atoms with van der Waals surface area (Å²) < 4.78 is 15.8. The van der Waals surface area contributed by atoms with E-state index in [1.54, 1.807) is 25.6 Å². The first-order valence-corrected chi connectivity index (χ1v) is 8.13. The highest BCUT2D eigenvalue weighted by Gasteiger charge is 2.31. The Morgan fingerprint density at radius 1 is 1.45 bits per heavy atom. The summed E-state index contributed by atoms with van der Waals surface area (Å²) in [5.41, 5.74) is -0.594. The van der Waals surface area contributed by atoms with Gasteiger partial charge in [0.25, 0.3) is 0 Å². The molecule has 1 fully saturated rings. The number of hydrogen-bond acceptors (Lipinski definition) is 6. The molecule has 1 aliphatic rings. The minimum absolute atomic E-state index is 0.388. The van der Waals surface area contributed by atoms with E-state index in [1.807, 2.05) is 6.92 Å². The smallest absolute Gasteiger partial charge is 0.349 e. The van der Waals surface area contributed by atoms with Crippen LogP contribution in [0.4, 0.5) is 0 Å². The molecule has 1 rings (SSSR count). The number of hydrogen-bond donors (Lipinski definition) is 0. The number of carbonyl (C=O) groups is 2. The second-order valence-corrected chi connectivity index (χ2v) is 6.60. The Hall–Kier alpha value is -0.750. The van der Waals surface area contributed by atoms with Gasteiger partial charge >= 0.3 is 11.9 Å². The molecule has 2 unspecified atom stereocenters. The standard InChI is InChI=1S/C14H24O5S/c1-5-14(3,4)13(16)18-10(2)12(15)19-11-9-20-8-6-7-17-11/h10-11H,5-9H2,1-4H3. The summed E-state index contributed by atoms with van der Waals surface area (Å²) in [5, 5.41) is 0. The fraction of sp³-hybridized carbons (Fsp3) is 0.857. The van der Waals surface area contributed by atoms with Gasteiger partial charge in [-0.2, -0.15) is 11.8 Å². The molecule has 0 aromatic rings. The molecule has 1 aliphatic heterocycles. The molecule has 0 radical (unpaired) electrons. The molecule has 116 valence electrons. The third kappa shape index (κ3) is 5.32. The van der Waals surface area contributed by atoms with E-state index in [9.17, 15) is 9.59 Å². The molecular weight excluding hydrogens is 280 g/mol. The topological polar surface area (TPSA) is 61.8 Å². The molecule has 1 heterocycles. The Labute approximate surface area is 124 Å². The molecule has 0 saturated carbocycles. The predicted octanol–water partition coefficient (Wildman–Crippen LogP) is 2.38. The first kappa shape index (κ1) is 17.3. The third-order valence-corrected chi connectivity index (χ3v) is 4.38. The maximum absolute atomic E-state index is 11.9. The fourth-order valence-electron chi connectivity index (χ4n) is 1.41. The van der Waals surface area contributed by atoms with E-state index < -0.39 is 23.8 Å². The van der Waals surface area contributed by atoms with E-state index in [4.69, 9.17) is 14.2 Å². The molecule has 2 atom stereocenters. The largest absolute Gasteiger partial charge is 0.450 e. The Balaban J connectivity index is 2.44. The average Bonchev–Trinajstić information content (AvgIpc) is 2.67. The van der Waals surface area contributed by atoms with Crippen molar-refractivity contribution in [1.82, 2.24) is 0 Å². The lowest BCUT2D eigenvalue weighted by Crippen LogP contribution is -2.35. The van der Waals surface area contributed by atoms with Crippen molar-refractivity contribution in [2.45, 2.75) is 52.9 Å². The molecule has 0 amide bonds. The number of thioether (sulfide) groups is 1. The zero-order valence-corrected chi connectivity index (χ0v) is 13.5. The van der Waals surface area contributed by atoms with Crippen LogP contribution in [-0.2, 0) is 23.8 Å². The quantitative estimate of drug-likeness (QED) is 0.727. The van der Waals surface area contributed by atoms with Gasteiger partial charge in [0.15, 0.2) is 6.10 Å². The van der Waals surface area contributed by atoms with Gasteiger partial charge in [0.1, 0.15) is 0 Å². The van der Waals surface area contributed by atoms with Crippen molar-refractivity contribution >= 4 is 23.7 Å². The molecule has 0 aliphatic carbocycles. The predicted molar refractivity (Wildman–Crippen MR) is 77.4 cm³/mol. The molecule has 20 heavy (non-hydrogen) atoms. The van der Waals surface area contributed by atoms with Gasteiger partial charge in [-0.1, -0.05) is 6.92 Å². The second-order valence-electron chi connectivity index (χ2n) is 5.45. The summed E-state index contributed by atoms with van der Waals surface area (Å²) in [6, 6.07) is 0. The van der Waals surface area contributed by atoms with Crippen LogP contribution in [0.1, 0.15) is 40.5 Å². The normalized spacial score (nSPS) is 21.7. The van der Waals surface area contributed by atoms with E-state index in [1.165, 1.54) is 6.92 Å². The third-order valence-electron chi connectivity index (χ3n) is 3.29. The molecule has 1 saturated heterocycles. The molecule has 0 spiro atoms. The fourth-order valence-corrected chi connectivity index (χ4v) is 2.25. The van der Waals surface area contributed by atoms with Crippen molar-refractivity contribution in [3.63, 3.8) is 0 Å². The number of carbonyl (C=O) groups excluding carboxylic acids is 2. The van der Waals surface area contributed by atoms with Crippen LogP contribution in [0.25, 0.3) is 0 Å². The maximum atomic E-state index is 11.9. The van der Waals surface area contributed by atoms with Crippen molar-refractivity contribution in [2.24, 2.45) is 5.41 Å². The molecule has 0 aromatic heterocycles. The van der Waals surface area contributed by atoms with E-state index in [2.05, 4.69) is 0 Å². The van der Waals surface area contributed by atoms with Gasteiger partial charge in [0.2, 0.25) is 6.29 Å². The van der Waals surface area contributed by atoms with Crippen LogP contribution in [0.15, 0.2) is 0 Å². The van der Waals surface area contributed by atoms with Gasteiger partial charge in [-0.15, -0.1) is 0 Å². The first-order chi connectivity index (χ1) is 9.36. The van der Waals surface area contributed by atoms with Crippen LogP contribution in [0, 0.1) is 5.41 Å². The Kier molecular flexibility index (Phi) is 6.82. The summed E-state index contributed by atoms with van der Waals surface area (Å²) in [4.78, 5) is 23.8. The molecular formula is C14H24O5S. The minimum atomic E-state index is -0.912. The van der Waals surface area contributed by atoms with E-state index in [0.29, 0.717) is 18.8 Å². The Morgan fingerprint density at radius 3 is 2.80 bits per heavy atom. The molecule has 6 heteroatoms. The highest BCUT2D eigenvalue weighted by Crippen LogP contribution is 2.22. The number of rotatable bonds is 5. The van der Waals surface area contributed by atoms with E-state index in [0.717, 1.165) is 12.2 Å². The van der Waals surface area contributed by atoms with Gasteiger partial charge in [-0.05, 0) is 39.4 Å². The van der Waals surface area contributed by atoms with Crippen LogP contribution in [-0.4, -0.2) is 42.4 Å². The summed E-state index contributed by atoms with van der Waals surface area (Å²) in [5.74, 6) is 0.675. The lowest BCUT2D eigenvalue weighted by atomic mass is 9.91. The molecule has 0 bridgehead atoms. The SMILES string of the molecule is CCC(C)(C)C(=O)OC(C)C(=O)OC1CSCCCO1. The van der Waals surface area contributed by atoms with Gasteiger partial charge in [-0.25, -0.2) is 4.79 Å². The highest BCUT2D eigenvalue weighted by molar-refractivity contribution is 7.99. The zero-order chi connectivity index (χ0) is 15.2. The van der Waals surface area contributed by atoms with Crippen molar-refractivity contribution in [3.8, 4) is 0 Å². The Bertz CT molecular complexity index is 334. The van der Waals surface area contributed by atoms with Crippen molar-refractivity contribution in [1.29, 1.82) is 0 Å². The van der Waals surface area contributed by atoms with Crippen molar-refractivity contribution in [2.75, 3.05) is 18.1 Å². The van der Waals surface area contributed by atoms with Crippen LogP contribution >= 0.6 is 11.8 Å². The minimum Gasteiger partial charge on any atom is -0.450 e. The molecule has 5 nitrogen and oxygen atoms in total. The number of ether oxygens (including phenoxy) is 3. The van der Waals surface area contributed by atoms with Gasteiger partial charge in [-0.3, -0.25) is 4.79 Å². The zero-order valence-electron chi connectivity index (χ0n) is 12.6. The molecule has 0 aromatic carbocycles. The lowest BCUT2D eigenvalue weighted by Gasteiger charge is -2.23. The summed E-state index contributed by atoms with van der Waals surface area (Å²) in [7, 11) is 0. The van der Waals surface area contributed by atoms with Crippen LogP contribution < -0.4 is 0 Å².